The zero-order chi connectivity index (χ0) is 15.5. The van der Waals surface area contributed by atoms with Gasteiger partial charge in [-0.3, -0.25) is 4.98 Å². The van der Waals surface area contributed by atoms with Gasteiger partial charge in [0.2, 0.25) is 0 Å². The lowest BCUT2D eigenvalue weighted by atomic mass is 9.93. The van der Waals surface area contributed by atoms with Crippen LogP contribution >= 0.6 is 0 Å². The van der Waals surface area contributed by atoms with Gasteiger partial charge in [0, 0.05) is 23.3 Å². The number of amides is 1. The number of nitrogens with one attached hydrogen (secondary N) is 1. The lowest BCUT2D eigenvalue weighted by molar-refractivity contribution is 0.200. The number of carbonyl (C=O) groups excluding carboxylic acids is 1. The smallest absolute Gasteiger partial charge is 0.410 e. The molecule has 3 rings (SSSR count). The van der Waals surface area contributed by atoms with E-state index in [0.29, 0.717) is 12.3 Å². The van der Waals surface area contributed by atoms with Gasteiger partial charge in [-0.05, 0) is 55.9 Å². The molecule has 116 valence electrons. The van der Waals surface area contributed by atoms with Gasteiger partial charge in [-0.15, -0.1) is 0 Å². The summed E-state index contributed by atoms with van der Waals surface area (Å²) in [6.45, 7) is 2.59. The van der Waals surface area contributed by atoms with Gasteiger partial charge in [0.25, 0.3) is 0 Å². The summed E-state index contributed by atoms with van der Waals surface area (Å²) in [4.78, 5) is 16.4. The molecule has 0 saturated heterocycles. The molecule has 2 aromatic rings. The van der Waals surface area contributed by atoms with E-state index in [4.69, 9.17) is 15.5 Å². The van der Waals surface area contributed by atoms with Crippen LogP contribution in [0.15, 0.2) is 18.2 Å². The Kier molecular flexibility index (Phi) is 4.13. The Balaban J connectivity index is 1.92. The van der Waals surface area contributed by atoms with Crippen molar-refractivity contribution in [3.63, 3.8) is 0 Å². The van der Waals surface area contributed by atoms with Gasteiger partial charge in [0.15, 0.2) is 0 Å². The summed E-state index contributed by atoms with van der Waals surface area (Å²) in [6, 6.07) is 5.43. The normalized spacial score (nSPS) is 13.7. The fourth-order valence-electron chi connectivity index (χ4n) is 2.87. The predicted octanol–water partition coefficient (Wildman–Crippen LogP) is 3.19. The monoisotopic (exact) mass is 299 g/mol. The highest BCUT2D eigenvalue weighted by Crippen LogP contribution is 2.32. The number of nitrogen functional groups attached to an aromatic ring is 1. The van der Waals surface area contributed by atoms with Gasteiger partial charge in [-0.25, -0.2) is 4.79 Å². The minimum absolute atomic E-state index is 0.439. The molecule has 0 bridgehead atoms. The number of fused-ring (bicyclic) bond motifs is 2. The molecule has 0 aliphatic heterocycles. The number of aryl methyl sites for hydroxylation is 1. The molecular formula is C17H21N3O2. The molecule has 0 spiro atoms. The third kappa shape index (κ3) is 2.84. The number of nitrogens with zero attached hydrogens (tertiary/aromatic N) is 1. The fraction of sp³-hybridized carbons (Fsp3) is 0.412. The molecule has 3 N–H and O–H groups in total. The van der Waals surface area contributed by atoms with Gasteiger partial charge in [-0.1, -0.05) is 6.92 Å². The molecule has 0 fully saturated rings. The molecule has 1 aliphatic rings. The second-order valence-electron chi connectivity index (χ2n) is 5.65. The number of nitrogens with two attached hydrogens (primary N) is 1. The first-order chi connectivity index (χ1) is 10.7. The van der Waals surface area contributed by atoms with Crippen LogP contribution in [0.3, 0.4) is 0 Å². The van der Waals surface area contributed by atoms with E-state index in [1.54, 1.807) is 12.1 Å². The summed E-state index contributed by atoms with van der Waals surface area (Å²) < 4.78 is 5.29. The number of aromatic nitrogens is 1. The van der Waals surface area contributed by atoms with Crippen molar-refractivity contribution >= 4 is 22.7 Å². The number of ether oxygens (including phenoxy) is 1. The van der Waals surface area contributed by atoms with Gasteiger partial charge in [0.05, 0.1) is 5.52 Å². The Bertz CT molecular complexity index is 713. The Morgan fingerprint density at radius 1 is 1.36 bits per heavy atom. The van der Waals surface area contributed by atoms with Crippen molar-refractivity contribution in [2.24, 2.45) is 0 Å². The van der Waals surface area contributed by atoms with Crippen LogP contribution < -0.4 is 15.8 Å². The van der Waals surface area contributed by atoms with Crippen LogP contribution in [0.5, 0.6) is 5.75 Å². The average Bonchev–Trinajstić information content (AvgIpc) is 2.54. The maximum absolute atomic E-state index is 11.6. The van der Waals surface area contributed by atoms with Crippen LogP contribution in [0, 0.1) is 0 Å². The topological polar surface area (TPSA) is 77.2 Å². The number of hydrogen-bond acceptors (Lipinski definition) is 4. The molecule has 0 saturated carbocycles. The maximum atomic E-state index is 11.6. The first kappa shape index (κ1) is 14.6. The standard InChI is InChI=1S/C17H21N3O2/c1-2-9-19-17(21)22-11-7-8-15-13(10-11)16(18)12-5-3-4-6-14(12)20-15/h7-8,10H,2-6,9H2,1H3,(H2,18,20)(H,19,21). The van der Waals surface area contributed by atoms with E-state index >= 15 is 0 Å². The van der Waals surface area contributed by atoms with E-state index < -0.39 is 6.09 Å². The lowest BCUT2D eigenvalue weighted by Crippen LogP contribution is -2.27. The van der Waals surface area contributed by atoms with Crippen LogP contribution in [0.25, 0.3) is 10.9 Å². The molecule has 1 amide bonds. The molecular weight excluding hydrogens is 278 g/mol. The van der Waals surface area contributed by atoms with Crippen molar-refractivity contribution in [1.29, 1.82) is 0 Å². The number of rotatable bonds is 3. The lowest BCUT2D eigenvalue weighted by Gasteiger charge is -2.18. The van der Waals surface area contributed by atoms with Gasteiger partial charge >= 0.3 is 6.09 Å². The number of carbonyl (C=O) groups is 1. The molecule has 0 unspecified atom stereocenters. The highest BCUT2D eigenvalue weighted by Gasteiger charge is 2.17. The van der Waals surface area contributed by atoms with Crippen LogP contribution in [-0.4, -0.2) is 17.6 Å². The highest BCUT2D eigenvalue weighted by atomic mass is 16.6. The van der Waals surface area contributed by atoms with E-state index in [1.165, 1.54) is 6.42 Å². The Hall–Kier alpha value is -2.30. The second kappa shape index (κ2) is 6.22. The quantitative estimate of drug-likeness (QED) is 0.912. The molecule has 1 heterocycles. The van der Waals surface area contributed by atoms with E-state index in [9.17, 15) is 4.79 Å². The molecule has 0 atom stereocenters. The number of pyridine rings is 1. The van der Waals surface area contributed by atoms with E-state index in [0.717, 1.165) is 53.5 Å². The largest absolute Gasteiger partial charge is 0.412 e. The maximum Gasteiger partial charge on any atom is 0.412 e. The first-order valence-electron chi connectivity index (χ1n) is 7.85. The van der Waals surface area contributed by atoms with E-state index in [2.05, 4.69) is 5.32 Å². The van der Waals surface area contributed by atoms with Crippen molar-refractivity contribution < 1.29 is 9.53 Å². The summed E-state index contributed by atoms with van der Waals surface area (Å²) in [5.74, 6) is 0.491. The minimum atomic E-state index is -0.439. The summed E-state index contributed by atoms with van der Waals surface area (Å²) in [5.41, 5.74) is 10.2. The highest BCUT2D eigenvalue weighted by molar-refractivity contribution is 5.93. The molecule has 5 nitrogen and oxygen atoms in total. The second-order valence-corrected chi connectivity index (χ2v) is 5.65. The minimum Gasteiger partial charge on any atom is -0.410 e. The summed E-state index contributed by atoms with van der Waals surface area (Å²) in [5, 5.41) is 3.55. The zero-order valence-corrected chi connectivity index (χ0v) is 12.8. The summed E-state index contributed by atoms with van der Waals surface area (Å²) >= 11 is 0. The zero-order valence-electron chi connectivity index (χ0n) is 12.8. The Labute approximate surface area is 129 Å². The van der Waals surface area contributed by atoms with Gasteiger partial charge in [0.1, 0.15) is 5.75 Å². The number of hydrogen-bond donors (Lipinski definition) is 2. The number of benzene rings is 1. The average molecular weight is 299 g/mol. The molecule has 5 heteroatoms. The van der Waals surface area contributed by atoms with Crippen LogP contribution in [0.1, 0.15) is 37.4 Å². The third-order valence-electron chi connectivity index (χ3n) is 4.01. The van der Waals surface area contributed by atoms with Crippen LogP contribution in [0.4, 0.5) is 10.5 Å². The van der Waals surface area contributed by atoms with E-state index in [-0.39, 0.29) is 0 Å². The summed E-state index contributed by atoms with van der Waals surface area (Å²) in [7, 11) is 0. The van der Waals surface area contributed by atoms with Crippen LogP contribution in [0.2, 0.25) is 0 Å². The molecule has 1 aromatic carbocycles. The van der Waals surface area contributed by atoms with Gasteiger partial charge < -0.3 is 15.8 Å². The Morgan fingerprint density at radius 2 is 2.18 bits per heavy atom. The van der Waals surface area contributed by atoms with Crippen molar-refractivity contribution in [3.8, 4) is 5.75 Å². The van der Waals surface area contributed by atoms with Crippen molar-refractivity contribution in [2.75, 3.05) is 12.3 Å². The van der Waals surface area contributed by atoms with E-state index in [1.807, 2.05) is 13.0 Å². The van der Waals surface area contributed by atoms with Crippen molar-refractivity contribution in [1.82, 2.24) is 10.3 Å². The summed E-state index contributed by atoms with van der Waals surface area (Å²) in [6.07, 6.45) is 4.73. The van der Waals surface area contributed by atoms with Crippen molar-refractivity contribution in [3.05, 3.63) is 29.5 Å². The predicted molar refractivity (Wildman–Crippen MR) is 87.1 cm³/mol. The van der Waals surface area contributed by atoms with Crippen molar-refractivity contribution in [2.45, 2.75) is 39.0 Å². The Morgan fingerprint density at radius 3 is 3.00 bits per heavy atom. The first-order valence-corrected chi connectivity index (χ1v) is 7.85. The molecule has 0 radical (unpaired) electrons. The number of anilines is 1. The SMILES string of the molecule is CCCNC(=O)Oc1ccc2nc3c(c(N)c2c1)CCCC3. The molecule has 1 aromatic heterocycles. The molecule has 1 aliphatic carbocycles. The fourth-order valence-corrected chi connectivity index (χ4v) is 2.87. The van der Waals surface area contributed by atoms with Gasteiger partial charge in [-0.2, -0.15) is 0 Å². The molecule has 22 heavy (non-hydrogen) atoms. The van der Waals surface area contributed by atoms with Crippen LogP contribution in [-0.2, 0) is 12.8 Å². The third-order valence-corrected chi connectivity index (χ3v) is 4.01.